The lowest BCUT2D eigenvalue weighted by Gasteiger charge is -2.20. The van der Waals surface area contributed by atoms with Crippen molar-refractivity contribution in [3.05, 3.63) is 22.8 Å². The highest BCUT2D eigenvalue weighted by molar-refractivity contribution is 9.10. The zero-order valence-corrected chi connectivity index (χ0v) is 13.0. The second kappa shape index (κ2) is 5.51. The molecule has 1 aliphatic rings. The second-order valence-electron chi connectivity index (χ2n) is 5.21. The first-order valence-electron chi connectivity index (χ1n) is 6.83. The summed E-state index contributed by atoms with van der Waals surface area (Å²) in [5.74, 6) is 1.30. The molecular formula is C13H16BrN5O2. The molecule has 21 heavy (non-hydrogen) atoms. The van der Waals surface area contributed by atoms with Gasteiger partial charge in [-0.25, -0.2) is 14.8 Å². The van der Waals surface area contributed by atoms with E-state index in [1.807, 2.05) is 10.6 Å². The van der Waals surface area contributed by atoms with Crippen LogP contribution in [0.25, 0.3) is 5.52 Å². The maximum absolute atomic E-state index is 11.3. The maximum Gasteiger partial charge on any atom is 0.407 e. The fourth-order valence-electron chi connectivity index (χ4n) is 2.86. The first-order chi connectivity index (χ1) is 10.1. The molecule has 0 bridgehead atoms. The highest BCUT2D eigenvalue weighted by Crippen LogP contribution is 2.31. The van der Waals surface area contributed by atoms with Gasteiger partial charge in [0.15, 0.2) is 5.82 Å². The molecule has 1 aliphatic heterocycles. The number of halogens is 1. The fourth-order valence-corrected chi connectivity index (χ4v) is 3.43. The van der Waals surface area contributed by atoms with Gasteiger partial charge >= 0.3 is 6.09 Å². The molecule has 1 fully saturated rings. The summed E-state index contributed by atoms with van der Waals surface area (Å²) in [5.41, 5.74) is 6.63. The van der Waals surface area contributed by atoms with Gasteiger partial charge in [0.05, 0.1) is 0 Å². The van der Waals surface area contributed by atoms with Crippen LogP contribution < -0.4 is 5.73 Å². The summed E-state index contributed by atoms with van der Waals surface area (Å²) in [5, 5.41) is 9.25. The quantitative estimate of drug-likeness (QED) is 0.819. The van der Waals surface area contributed by atoms with Gasteiger partial charge in [-0.15, -0.1) is 0 Å². The van der Waals surface area contributed by atoms with Gasteiger partial charge in [0.1, 0.15) is 15.9 Å². The molecule has 1 saturated heterocycles. The number of nitrogen functional groups attached to an aromatic ring is 1. The molecule has 0 saturated carbocycles. The van der Waals surface area contributed by atoms with E-state index in [9.17, 15) is 9.90 Å². The number of nitrogens with zero attached hydrogens (tertiary/aromatic N) is 4. The maximum atomic E-state index is 11.3. The molecule has 1 atom stereocenters. The van der Waals surface area contributed by atoms with E-state index >= 15 is 0 Å². The van der Waals surface area contributed by atoms with E-state index in [-0.39, 0.29) is 5.92 Å². The summed E-state index contributed by atoms with van der Waals surface area (Å²) >= 11 is 3.42. The van der Waals surface area contributed by atoms with Crippen molar-refractivity contribution in [3.63, 3.8) is 0 Å². The first kappa shape index (κ1) is 14.1. The number of aromatic nitrogens is 3. The van der Waals surface area contributed by atoms with Crippen LogP contribution in [0.3, 0.4) is 0 Å². The van der Waals surface area contributed by atoms with E-state index in [0.29, 0.717) is 23.5 Å². The number of hydrogen-bond donors (Lipinski definition) is 2. The van der Waals surface area contributed by atoms with Crippen LogP contribution in [0.2, 0.25) is 0 Å². The minimum Gasteiger partial charge on any atom is -0.465 e. The molecule has 1 amide bonds. The molecule has 112 valence electrons. The lowest BCUT2D eigenvalue weighted by molar-refractivity contribution is 0.144. The molecule has 0 aliphatic carbocycles. The van der Waals surface area contributed by atoms with Crippen molar-refractivity contribution < 1.29 is 9.90 Å². The monoisotopic (exact) mass is 353 g/mol. The Morgan fingerprint density at radius 1 is 1.48 bits per heavy atom. The summed E-state index contributed by atoms with van der Waals surface area (Å²) < 4.78 is 2.55. The molecule has 3 heterocycles. The Morgan fingerprint density at radius 2 is 2.29 bits per heavy atom. The number of anilines is 1. The summed E-state index contributed by atoms with van der Waals surface area (Å²) in [7, 11) is 0. The van der Waals surface area contributed by atoms with E-state index in [2.05, 4.69) is 25.9 Å². The lowest BCUT2D eigenvalue weighted by Crippen LogP contribution is -2.33. The number of imidazole rings is 1. The lowest BCUT2D eigenvalue weighted by atomic mass is 10.0. The van der Waals surface area contributed by atoms with Crippen LogP contribution in [0.15, 0.2) is 17.0 Å². The molecule has 3 N–H and O–H groups in total. The number of rotatable bonds is 1. The minimum atomic E-state index is -0.872. The number of fused-ring (bicyclic) bond motifs is 1. The van der Waals surface area contributed by atoms with E-state index < -0.39 is 6.09 Å². The smallest absolute Gasteiger partial charge is 0.407 e. The Balaban J connectivity index is 2.03. The highest BCUT2D eigenvalue weighted by atomic mass is 79.9. The van der Waals surface area contributed by atoms with Crippen molar-refractivity contribution in [1.29, 1.82) is 0 Å². The van der Waals surface area contributed by atoms with Gasteiger partial charge in [0.25, 0.3) is 0 Å². The van der Waals surface area contributed by atoms with Crippen molar-refractivity contribution in [2.75, 3.05) is 18.8 Å². The Hall–Kier alpha value is -1.83. The van der Waals surface area contributed by atoms with Gasteiger partial charge in [-0.1, -0.05) is 6.42 Å². The molecule has 0 radical (unpaired) electrons. The summed E-state index contributed by atoms with van der Waals surface area (Å²) in [4.78, 5) is 21.4. The molecule has 1 unspecified atom stereocenters. The van der Waals surface area contributed by atoms with Gasteiger partial charge in [-0.3, -0.25) is 4.40 Å². The molecule has 8 heteroatoms. The zero-order chi connectivity index (χ0) is 15.0. The van der Waals surface area contributed by atoms with Gasteiger partial charge in [0, 0.05) is 31.4 Å². The summed E-state index contributed by atoms with van der Waals surface area (Å²) in [6.45, 7) is 1.04. The third-order valence-electron chi connectivity index (χ3n) is 3.87. The largest absolute Gasteiger partial charge is 0.465 e. The number of likely N-dealkylation sites (tertiary alicyclic amines) is 1. The summed E-state index contributed by atoms with van der Waals surface area (Å²) in [6, 6.07) is 0. The number of carboxylic acid groups (broad SMARTS) is 1. The molecule has 2 aromatic heterocycles. The minimum absolute atomic E-state index is 0.0594. The predicted molar refractivity (Wildman–Crippen MR) is 81.3 cm³/mol. The Bertz CT molecular complexity index is 686. The fraction of sp³-hybridized carbons (Fsp3) is 0.462. The van der Waals surface area contributed by atoms with Gasteiger partial charge < -0.3 is 15.7 Å². The van der Waals surface area contributed by atoms with Crippen LogP contribution in [0.1, 0.15) is 31.0 Å². The van der Waals surface area contributed by atoms with Crippen molar-refractivity contribution in [1.82, 2.24) is 19.3 Å². The van der Waals surface area contributed by atoms with E-state index in [1.165, 1.54) is 4.90 Å². The van der Waals surface area contributed by atoms with Gasteiger partial charge in [0.2, 0.25) is 0 Å². The zero-order valence-electron chi connectivity index (χ0n) is 11.4. The Kier molecular flexibility index (Phi) is 3.71. The average Bonchev–Trinajstić information content (AvgIpc) is 2.64. The predicted octanol–water partition coefficient (Wildman–Crippen LogP) is 2.32. The Labute approximate surface area is 129 Å². The second-order valence-corrected chi connectivity index (χ2v) is 5.96. The molecule has 7 nitrogen and oxygen atoms in total. The molecule has 0 spiro atoms. The van der Waals surface area contributed by atoms with E-state index in [4.69, 9.17) is 5.73 Å². The van der Waals surface area contributed by atoms with Crippen molar-refractivity contribution in [2.45, 2.75) is 25.2 Å². The number of amides is 1. The van der Waals surface area contributed by atoms with Gasteiger partial charge in [-0.05, 0) is 28.8 Å². The molecule has 0 aromatic carbocycles. The average molecular weight is 354 g/mol. The molecule has 3 rings (SSSR count). The molecule has 2 aromatic rings. The SMILES string of the molecule is Nc1nccn2c(C3CCCCN(C(=O)O)C3)nc(Br)c12. The van der Waals surface area contributed by atoms with Crippen LogP contribution >= 0.6 is 15.9 Å². The summed E-state index contributed by atoms with van der Waals surface area (Å²) in [6.07, 6.45) is 5.36. The van der Waals surface area contributed by atoms with Crippen molar-refractivity contribution in [2.24, 2.45) is 0 Å². The van der Waals surface area contributed by atoms with E-state index in [1.54, 1.807) is 6.20 Å². The normalized spacial score (nSPS) is 19.7. The van der Waals surface area contributed by atoms with E-state index in [0.717, 1.165) is 30.6 Å². The van der Waals surface area contributed by atoms with Crippen LogP contribution in [0, 0.1) is 0 Å². The number of carbonyl (C=O) groups is 1. The number of nitrogens with two attached hydrogens (primary N) is 1. The van der Waals surface area contributed by atoms with Crippen molar-refractivity contribution in [3.8, 4) is 0 Å². The van der Waals surface area contributed by atoms with Crippen molar-refractivity contribution >= 4 is 33.4 Å². The first-order valence-corrected chi connectivity index (χ1v) is 7.63. The van der Waals surface area contributed by atoms with Gasteiger partial charge in [-0.2, -0.15) is 0 Å². The Morgan fingerprint density at radius 3 is 3.05 bits per heavy atom. The van der Waals surface area contributed by atoms with Crippen LogP contribution in [0.5, 0.6) is 0 Å². The number of hydrogen-bond acceptors (Lipinski definition) is 4. The standard InChI is InChI=1S/C13H16BrN5O2/c14-10-9-11(15)16-4-6-19(9)12(17-10)8-3-1-2-5-18(7-8)13(20)21/h4,6,8H,1-3,5,7H2,(H2,15,16)(H,20,21). The van der Waals surface area contributed by atoms with Crippen LogP contribution in [-0.2, 0) is 0 Å². The third kappa shape index (κ3) is 2.55. The van der Waals surface area contributed by atoms with Crippen LogP contribution in [-0.4, -0.2) is 43.6 Å². The third-order valence-corrected chi connectivity index (χ3v) is 4.43. The topological polar surface area (TPSA) is 96.8 Å². The molecular weight excluding hydrogens is 338 g/mol. The highest BCUT2D eigenvalue weighted by Gasteiger charge is 2.27. The van der Waals surface area contributed by atoms with Crippen LogP contribution in [0.4, 0.5) is 10.6 Å².